The summed E-state index contributed by atoms with van der Waals surface area (Å²) in [6.45, 7) is 10.3. The van der Waals surface area contributed by atoms with Gasteiger partial charge in [-0.15, -0.1) is 11.3 Å². The number of carbonyl (C=O) groups is 2. The van der Waals surface area contributed by atoms with E-state index in [0.717, 1.165) is 35.6 Å². The zero-order chi connectivity index (χ0) is 24.0. The smallest absolute Gasteiger partial charge is 0.408 e. The van der Waals surface area contributed by atoms with Crippen molar-refractivity contribution in [3.05, 3.63) is 57.3 Å². The number of nitrogens with zero attached hydrogens (tertiary/aromatic N) is 1. The molecule has 0 aliphatic carbocycles. The number of esters is 1. The summed E-state index contributed by atoms with van der Waals surface area (Å²) in [6.07, 6.45) is 0.366. The van der Waals surface area contributed by atoms with Gasteiger partial charge in [0.05, 0.1) is 0 Å². The fourth-order valence-corrected chi connectivity index (χ4v) is 4.92. The number of likely N-dealkylation sites (tertiary alicyclic amines) is 1. The largest absolute Gasteiger partial charge is 0.458 e. The average Bonchev–Trinajstić information content (AvgIpc) is 3.40. The maximum absolute atomic E-state index is 12.9. The van der Waals surface area contributed by atoms with Crippen LogP contribution < -0.4 is 5.32 Å². The minimum atomic E-state index is -1.29. The van der Waals surface area contributed by atoms with Gasteiger partial charge in [0, 0.05) is 16.3 Å². The molecule has 2 aromatic rings. The molecule has 2 heterocycles. The quantitative estimate of drug-likeness (QED) is 0.554. The maximum Gasteiger partial charge on any atom is 0.408 e. The highest BCUT2D eigenvalue weighted by Gasteiger charge is 2.35. The molecule has 1 aliphatic rings. The minimum absolute atomic E-state index is 0.0574. The van der Waals surface area contributed by atoms with Crippen molar-refractivity contribution >= 4 is 23.4 Å². The molecule has 1 aromatic carbocycles. The topological polar surface area (TPSA) is 88.1 Å². The molecule has 1 fully saturated rings. The van der Waals surface area contributed by atoms with Gasteiger partial charge in [0.1, 0.15) is 18.3 Å². The van der Waals surface area contributed by atoms with Crippen LogP contribution in [0.4, 0.5) is 4.79 Å². The number of rotatable bonds is 8. The lowest BCUT2D eigenvalue weighted by Crippen LogP contribution is -2.47. The van der Waals surface area contributed by atoms with Crippen LogP contribution in [0.5, 0.6) is 0 Å². The van der Waals surface area contributed by atoms with Gasteiger partial charge in [-0.3, -0.25) is 4.90 Å². The van der Waals surface area contributed by atoms with E-state index in [1.165, 1.54) is 24.2 Å². The number of aryl methyl sites for hydroxylation is 1. The van der Waals surface area contributed by atoms with E-state index in [2.05, 4.69) is 10.2 Å². The van der Waals surface area contributed by atoms with Crippen LogP contribution in [-0.4, -0.2) is 46.8 Å². The Morgan fingerprint density at radius 1 is 1.18 bits per heavy atom. The van der Waals surface area contributed by atoms with Crippen molar-refractivity contribution in [1.29, 1.82) is 0 Å². The Morgan fingerprint density at radius 3 is 2.48 bits per heavy atom. The predicted octanol–water partition coefficient (Wildman–Crippen LogP) is 4.32. The Balaban J connectivity index is 1.72. The summed E-state index contributed by atoms with van der Waals surface area (Å²) in [4.78, 5) is 29.5. The summed E-state index contributed by atoms with van der Waals surface area (Å²) >= 11 is 1.46. The van der Waals surface area contributed by atoms with E-state index in [1.54, 1.807) is 20.8 Å². The molecule has 1 amide bonds. The van der Waals surface area contributed by atoms with Crippen molar-refractivity contribution in [3.63, 3.8) is 0 Å². The van der Waals surface area contributed by atoms with Crippen LogP contribution in [0.25, 0.3) is 0 Å². The molecule has 0 bridgehead atoms. The van der Waals surface area contributed by atoms with E-state index >= 15 is 0 Å². The molecular weight excluding hydrogens is 440 g/mol. The van der Waals surface area contributed by atoms with E-state index in [0.29, 0.717) is 4.88 Å². The third kappa shape index (κ3) is 7.55. The summed E-state index contributed by atoms with van der Waals surface area (Å²) in [5.74, 6) is -0.709. The van der Waals surface area contributed by atoms with Gasteiger partial charge in [0.25, 0.3) is 0 Å². The molecule has 3 rings (SSSR count). The van der Waals surface area contributed by atoms with Gasteiger partial charge < -0.3 is 19.9 Å². The Morgan fingerprint density at radius 2 is 1.85 bits per heavy atom. The number of aliphatic hydroxyl groups is 1. The lowest BCUT2D eigenvalue weighted by atomic mass is 10.1. The van der Waals surface area contributed by atoms with Crippen LogP contribution in [-0.2, 0) is 27.4 Å². The van der Waals surface area contributed by atoms with Crippen LogP contribution in [0, 0.1) is 6.92 Å². The second-order valence-electron chi connectivity index (χ2n) is 9.40. The normalized spacial score (nSPS) is 16.3. The molecule has 0 saturated carbocycles. The molecule has 0 spiro atoms. The van der Waals surface area contributed by atoms with Crippen molar-refractivity contribution in [2.45, 2.75) is 71.4 Å². The lowest BCUT2D eigenvalue weighted by Gasteiger charge is -2.26. The van der Waals surface area contributed by atoms with Gasteiger partial charge in [-0.2, -0.15) is 0 Å². The molecule has 8 heteroatoms. The Labute approximate surface area is 199 Å². The van der Waals surface area contributed by atoms with Crippen molar-refractivity contribution in [2.24, 2.45) is 0 Å². The van der Waals surface area contributed by atoms with Gasteiger partial charge in [-0.1, -0.05) is 30.3 Å². The standard InChI is InChI=1S/C25H34N2O5S/c1-17-14-19(33-20(17)15-27-12-8-9-13-27)22(28)21(23(29)32-25(2,3)4)26-24(30)31-16-18-10-6-5-7-11-18/h5-7,10-11,14,21-22,28H,8-9,12-13,15-16H2,1-4H3,(H,26,30). The van der Waals surface area contributed by atoms with Crippen LogP contribution in [0.3, 0.4) is 0 Å². The molecule has 0 radical (unpaired) electrons. The molecule has 2 atom stereocenters. The molecule has 1 aliphatic heterocycles. The van der Waals surface area contributed by atoms with Gasteiger partial charge in [-0.25, -0.2) is 9.59 Å². The van der Waals surface area contributed by atoms with Gasteiger partial charge >= 0.3 is 12.1 Å². The SMILES string of the molecule is Cc1cc(C(O)C(NC(=O)OCc2ccccc2)C(=O)OC(C)(C)C)sc1CN1CCCC1. The number of carbonyl (C=O) groups excluding carboxylic acids is 2. The third-order valence-corrected chi connectivity index (χ3v) is 6.65. The van der Waals surface area contributed by atoms with Crippen molar-refractivity contribution in [1.82, 2.24) is 10.2 Å². The maximum atomic E-state index is 12.9. The average molecular weight is 475 g/mol. The first kappa shape index (κ1) is 25.2. The van der Waals surface area contributed by atoms with Crippen LogP contribution in [0.2, 0.25) is 0 Å². The Kier molecular flexibility index (Phi) is 8.51. The molecular formula is C25H34N2O5S. The molecule has 7 nitrogen and oxygen atoms in total. The first-order valence-electron chi connectivity index (χ1n) is 11.3. The predicted molar refractivity (Wildman–Crippen MR) is 128 cm³/mol. The molecule has 33 heavy (non-hydrogen) atoms. The lowest BCUT2D eigenvalue weighted by molar-refractivity contribution is -0.160. The fourth-order valence-electron chi connectivity index (χ4n) is 3.68. The number of hydrogen-bond donors (Lipinski definition) is 2. The Bertz CT molecular complexity index is 932. The molecule has 2 N–H and O–H groups in total. The molecule has 1 aromatic heterocycles. The number of ether oxygens (including phenoxy) is 2. The zero-order valence-electron chi connectivity index (χ0n) is 19.8. The van der Waals surface area contributed by atoms with E-state index in [1.807, 2.05) is 43.3 Å². The number of amides is 1. The second-order valence-corrected chi connectivity index (χ2v) is 10.6. The van der Waals surface area contributed by atoms with Crippen molar-refractivity contribution in [2.75, 3.05) is 13.1 Å². The zero-order valence-corrected chi connectivity index (χ0v) is 20.6. The summed E-state index contributed by atoms with van der Waals surface area (Å²) in [5.41, 5.74) is 1.12. The molecule has 2 unspecified atom stereocenters. The van der Waals surface area contributed by atoms with E-state index < -0.39 is 29.8 Å². The Hall–Kier alpha value is -2.42. The van der Waals surface area contributed by atoms with Crippen LogP contribution in [0.15, 0.2) is 36.4 Å². The van der Waals surface area contributed by atoms with Gasteiger partial charge in [0.2, 0.25) is 0 Å². The van der Waals surface area contributed by atoms with Crippen LogP contribution >= 0.6 is 11.3 Å². The number of benzene rings is 1. The minimum Gasteiger partial charge on any atom is -0.458 e. The highest BCUT2D eigenvalue weighted by molar-refractivity contribution is 7.12. The number of thiophene rings is 1. The van der Waals surface area contributed by atoms with E-state index in [-0.39, 0.29) is 6.61 Å². The number of nitrogens with one attached hydrogen (secondary N) is 1. The molecule has 180 valence electrons. The second kappa shape index (κ2) is 11.1. The van der Waals surface area contributed by atoms with E-state index in [9.17, 15) is 14.7 Å². The van der Waals surface area contributed by atoms with Crippen molar-refractivity contribution < 1.29 is 24.2 Å². The number of alkyl carbamates (subject to hydrolysis) is 1. The highest BCUT2D eigenvalue weighted by Crippen LogP contribution is 2.31. The summed E-state index contributed by atoms with van der Waals surface area (Å²) in [5, 5.41) is 13.6. The third-order valence-electron chi connectivity index (χ3n) is 5.36. The van der Waals surface area contributed by atoms with E-state index in [4.69, 9.17) is 9.47 Å². The summed E-state index contributed by atoms with van der Waals surface area (Å²) in [7, 11) is 0. The highest BCUT2D eigenvalue weighted by atomic mass is 32.1. The van der Waals surface area contributed by atoms with Crippen LogP contribution in [0.1, 0.15) is 60.6 Å². The first-order valence-corrected chi connectivity index (χ1v) is 12.1. The number of aliphatic hydroxyl groups excluding tert-OH is 1. The first-order chi connectivity index (χ1) is 15.6. The molecule has 1 saturated heterocycles. The van der Waals surface area contributed by atoms with Gasteiger partial charge in [0.15, 0.2) is 6.04 Å². The summed E-state index contributed by atoms with van der Waals surface area (Å²) < 4.78 is 10.7. The monoisotopic (exact) mass is 474 g/mol. The number of hydrogen-bond acceptors (Lipinski definition) is 7. The summed E-state index contributed by atoms with van der Waals surface area (Å²) in [6, 6.07) is 9.85. The van der Waals surface area contributed by atoms with Gasteiger partial charge in [-0.05, 0) is 70.8 Å². The van der Waals surface area contributed by atoms with Crippen molar-refractivity contribution in [3.8, 4) is 0 Å². The fraction of sp³-hybridized carbons (Fsp3) is 0.520.